The molecular formula is C17H22ClNO2. The third kappa shape index (κ3) is 3.59. The molecule has 1 heterocycles. The summed E-state index contributed by atoms with van der Waals surface area (Å²) in [5.41, 5.74) is 1.79. The molecule has 0 saturated heterocycles. The van der Waals surface area contributed by atoms with Crippen molar-refractivity contribution in [3.05, 3.63) is 47.2 Å². The maximum Gasteiger partial charge on any atom is 0.256 e. The third-order valence-electron chi connectivity index (χ3n) is 3.66. The van der Waals surface area contributed by atoms with Crippen LogP contribution >= 0.6 is 11.6 Å². The highest BCUT2D eigenvalue weighted by Crippen LogP contribution is 2.29. The minimum Gasteiger partial charge on any atom is -0.474 e. The zero-order valence-electron chi connectivity index (χ0n) is 12.8. The van der Waals surface area contributed by atoms with E-state index >= 15 is 0 Å². The lowest BCUT2D eigenvalue weighted by molar-refractivity contribution is -0.149. The Bertz CT molecular complexity index is 525. The van der Waals surface area contributed by atoms with Gasteiger partial charge in [-0.3, -0.25) is 9.69 Å². The van der Waals surface area contributed by atoms with E-state index in [1.807, 2.05) is 42.2 Å². The summed E-state index contributed by atoms with van der Waals surface area (Å²) in [4.78, 5) is 14.6. The molecule has 0 radical (unpaired) electrons. The number of benzene rings is 1. The molecule has 0 saturated carbocycles. The summed E-state index contributed by atoms with van der Waals surface area (Å²) >= 11 is 5.81. The van der Waals surface area contributed by atoms with E-state index in [-0.39, 0.29) is 18.1 Å². The second-order valence-electron chi connectivity index (χ2n) is 5.64. The number of carbonyl (C=O) groups is 1. The first-order valence-electron chi connectivity index (χ1n) is 7.32. The van der Waals surface area contributed by atoms with Gasteiger partial charge in [-0.1, -0.05) is 44.2 Å². The number of allylic oxidation sites excluding steroid dienone is 1. The van der Waals surface area contributed by atoms with E-state index in [1.54, 1.807) is 0 Å². The SMILES string of the molecule is CC1=C(CCCl)C(=O)N(Cc2ccccc2)C(C(C)C)O1. The van der Waals surface area contributed by atoms with Crippen molar-refractivity contribution in [3.8, 4) is 0 Å². The number of hydrogen-bond donors (Lipinski definition) is 0. The van der Waals surface area contributed by atoms with Gasteiger partial charge in [-0.2, -0.15) is 0 Å². The second-order valence-corrected chi connectivity index (χ2v) is 6.02. The number of halogens is 1. The Hall–Kier alpha value is -1.48. The van der Waals surface area contributed by atoms with Gasteiger partial charge in [0, 0.05) is 18.3 Å². The van der Waals surface area contributed by atoms with Crippen LogP contribution in [0.5, 0.6) is 0 Å². The van der Waals surface area contributed by atoms with Crippen LogP contribution in [0, 0.1) is 5.92 Å². The number of rotatable bonds is 5. The summed E-state index contributed by atoms with van der Waals surface area (Å²) in [6.07, 6.45) is 0.319. The monoisotopic (exact) mass is 307 g/mol. The largest absolute Gasteiger partial charge is 0.474 e. The lowest BCUT2D eigenvalue weighted by atomic mass is 10.0. The normalized spacial score (nSPS) is 19.2. The van der Waals surface area contributed by atoms with E-state index in [0.717, 1.165) is 5.56 Å². The molecule has 0 fully saturated rings. The van der Waals surface area contributed by atoms with Crippen molar-refractivity contribution in [2.45, 2.75) is 40.0 Å². The van der Waals surface area contributed by atoms with E-state index in [0.29, 0.717) is 30.2 Å². The van der Waals surface area contributed by atoms with Gasteiger partial charge in [-0.15, -0.1) is 11.6 Å². The van der Waals surface area contributed by atoms with Crippen molar-refractivity contribution in [2.24, 2.45) is 5.92 Å². The highest BCUT2D eigenvalue weighted by Gasteiger charge is 2.35. The fourth-order valence-electron chi connectivity index (χ4n) is 2.57. The van der Waals surface area contributed by atoms with E-state index in [4.69, 9.17) is 16.3 Å². The zero-order valence-corrected chi connectivity index (χ0v) is 13.6. The summed E-state index contributed by atoms with van der Waals surface area (Å²) in [6, 6.07) is 9.99. The van der Waals surface area contributed by atoms with Crippen LogP contribution in [0.4, 0.5) is 0 Å². The summed E-state index contributed by atoms with van der Waals surface area (Å²) in [7, 11) is 0. The zero-order chi connectivity index (χ0) is 15.4. The summed E-state index contributed by atoms with van der Waals surface area (Å²) in [5.74, 6) is 1.41. The van der Waals surface area contributed by atoms with Crippen LogP contribution in [0.1, 0.15) is 32.8 Å². The Morgan fingerprint density at radius 2 is 1.95 bits per heavy atom. The number of hydrogen-bond acceptors (Lipinski definition) is 2. The quantitative estimate of drug-likeness (QED) is 0.771. The molecule has 0 bridgehead atoms. The van der Waals surface area contributed by atoms with Gasteiger partial charge in [0.2, 0.25) is 0 Å². The van der Waals surface area contributed by atoms with E-state index in [9.17, 15) is 4.79 Å². The fraction of sp³-hybridized carbons (Fsp3) is 0.471. The van der Waals surface area contributed by atoms with Crippen LogP contribution in [-0.2, 0) is 16.1 Å². The lowest BCUT2D eigenvalue weighted by Crippen LogP contribution is -2.48. The molecule has 0 spiro atoms. The molecule has 0 N–H and O–H groups in total. The smallest absolute Gasteiger partial charge is 0.256 e. The van der Waals surface area contributed by atoms with E-state index in [1.165, 1.54) is 0 Å². The Morgan fingerprint density at radius 1 is 1.29 bits per heavy atom. The summed E-state index contributed by atoms with van der Waals surface area (Å²) in [5, 5.41) is 0. The molecule has 1 amide bonds. The summed E-state index contributed by atoms with van der Waals surface area (Å²) < 4.78 is 5.99. The van der Waals surface area contributed by atoms with Crippen LogP contribution in [0.3, 0.4) is 0 Å². The van der Waals surface area contributed by atoms with Gasteiger partial charge in [0.15, 0.2) is 6.23 Å². The number of alkyl halides is 1. The highest BCUT2D eigenvalue weighted by atomic mass is 35.5. The lowest BCUT2D eigenvalue weighted by Gasteiger charge is -2.39. The molecule has 1 atom stereocenters. The molecule has 1 aromatic carbocycles. The van der Waals surface area contributed by atoms with Gasteiger partial charge in [-0.05, 0) is 18.9 Å². The Labute approximate surface area is 131 Å². The molecule has 4 heteroatoms. The molecule has 114 valence electrons. The molecule has 1 aliphatic rings. The molecule has 3 nitrogen and oxygen atoms in total. The van der Waals surface area contributed by atoms with Gasteiger partial charge in [0.25, 0.3) is 5.91 Å². The van der Waals surface area contributed by atoms with Gasteiger partial charge in [0.05, 0.1) is 5.57 Å². The molecule has 0 aromatic heterocycles. The first kappa shape index (κ1) is 15.9. The highest BCUT2D eigenvalue weighted by molar-refractivity contribution is 6.18. The summed E-state index contributed by atoms with van der Waals surface area (Å²) in [6.45, 7) is 6.54. The van der Waals surface area contributed by atoms with Crippen LogP contribution in [0.15, 0.2) is 41.7 Å². The van der Waals surface area contributed by atoms with Crippen molar-refractivity contribution in [2.75, 3.05) is 5.88 Å². The maximum absolute atomic E-state index is 12.8. The van der Waals surface area contributed by atoms with Crippen LogP contribution < -0.4 is 0 Å². The van der Waals surface area contributed by atoms with E-state index < -0.39 is 0 Å². The molecular weight excluding hydrogens is 286 g/mol. The van der Waals surface area contributed by atoms with Crippen molar-refractivity contribution in [1.82, 2.24) is 4.90 Å². The Kier molecular flexibility index (Phi) is 5.29. The molecule has 0 aliphatic carbocycles. The van der Waals surface area contributed by atoms with Crippen molar-refractivity contribution in [1.29, 1.82) is 0 Å². The second kappa shape index (κ2) is 6.99. The van der Waals surface area contributed by atoms with Crippen LogP contribution in [0.2, 0.25) is 0 Å². The first-order valence-corrected chi connectivity index (χ1v) is 7.85. The Morgan fingerprint density at radius 3 is 2.52 bits per heavy atom. The van der Waals surface area contributed by atoms with Crippen LogP contribution in [-0.4, -0.2) is 22.9 Å². The number of carbonyl (C=O) groups excluding carboxylic acids is 1. The van der Waals surface area contributed by atoms with Gasteiger partial charge in [-0.25, -0.2) is 0 Å². The third-order valence-corrected chi connectivity index (χ3v) is 3.85. The number of nitrogens with zero attached hydrogens (tertiary/aromatic N) is 1. The average molecular weight is 308 g/mol. The van der Waals surface area contributed by atoms with Gasteiger partial charge >= 0.3 is 0 Å². The van der Waals surface area contributed by atoms with Crippen molar-refractivity contribution < 1.29 is 9.53 Å². The Balaban J connectivity index is 2.29. The molecule has 1 aliphatic heterocycles. The standard InChI is InChI=1S/C17H22ClNO2/c1-12(2)17-19(11-14-7-5-4-6-8-14)16(20)15(9-10-18)13(3)21-17/h4-8,12,17H,9-11H2,1-3H3. The maximum atomic E-state index is 12.8. The minimum atomic E-state index is -0.225. The van der Waals surface area contributed by atoms with Crippen LogP contribution in [0.25, 0.3) is 0 Å². The molecule has 1 aromatic rings. The number of amides is 1. The van der Waals surface area contributed by atoms with Crippen molar-refractivity contribution >= 4 is 17.5 Å². The van der Waals surface area contributed by atoms with Crippen molar-refractivity contribution in [3.63, 3.8) is 0 Å². The average Bonchev–Trinajstić information content (AvgIpc) is 2.47. The number of ether oxygens (including phenoxy) is 1. The molecule has 1 unspecified atom stereocenters. The molecule has 2 rings (SSSR count). The fourth-order valence-corrected chi connectivity index (χ4v) is 2.76. The topological polar surface area (TPSA) is 29.5 Å². The van der Waals surface area contributed by atoms with Gasteiger partial charge < -0.3 is 4.74 Å². The van der Waals surface area contributed by atoms with E-state index in [2.05, 4.69) is 13.8 Å². The predicted molar refractivity (Wildman–Crippen MR) is 84.7 cm³/mol. The predicted octanol–water partition coefficient (Wildman–Crippen LogP) is 3.93. The molecule has 21 heavy (non-hydrogen) atoms. The first-order chi connectivity index (χ1) is 10.0. The van der Waals surface area contributed by atoms with Gasteiger partial charge in [0.1, 0.15) is 5.76 Å². The minimum absolute atomic E-state index is 0.0435.